The second-order valence-electron chi connectivity index (χ2n) is 6.38. The molecule has 1 saturated heterocycles. The number of rotatable bonds is 4. The van der Waals surface area contributed by atoms with E-state index in [2.05, 4.69) is 15.9 Å². The number of hydrogen-bond acceptors (Lipinski definition) is 5. The van der Waals surface area contributed by atoms with Gasteiger partial charge < -0.3 is 24.5 Å². The maximum absolute atomic E-state index is 6.38. The Labute approximate surface area is 140 Å². The molecule has 1 heterocycles. The van der Waals surface area contributed by atoms with Crippen molar-refractivity contribution in [2.45, 2.75) is 44.8 Å². The van der Waals surface area contributed by atoms with Gasteiger partial charge in [-0.3, -0.25) is 0 Å². The number of methoxy groups -OCH3 is 2. The highest BCUT2D eigenvalue weighted by Crippen LogP contribution is 2.42. The molecule has 22 heavy (non-hydrogen) atoms. The van der Waals surface area contributed by atoms with E-state index < -0.39 is 24.3 Å². The summed E-state index contributed by atoms with van der Waals surface area (Å²) >= 11 is 3.53. The SMILES string of the molecule is COc1cc(Br)c([C@H](N)B2OC(C)(C)C(C)(C)O2)cc1OC. The molecule has 0 radical (unpaired) electrons. The summed E-state index contributed by atoms with van der Waals surface area (Å²) in [5.74, 6) is 0.808. The first-order chi connectivity index (χ1) is 10.1. The summed E-state index contributed by atoms with van der Waals surface area (Å²) in [7, 11) is 2.66. The molecule has 0 amide bonds. The lowest BCUT2D eigenvalue weighted by molar-refractivity contribution is 0.00578. The fraction of sp³-hybridized carbons (Fsp3) is 0.600. The van der Waals surface area contributed by atoms with Crippen LogP contribution in [0.15, 0.2) is 16.6 Å². The Morgan fingerprint density at radius 2 is 1.50 bits per heavy atom. The van der Waals surface area contributed by atoms with E-state index >= 15 is 0 Å². The van der Waals surface area contributed by atoms with Crippen LogP contribution in [0.25, 0.3) is 0 Å². The summed E-state index contributed by atoms with van der Waals surface area (Å²) in [6, 6.07) is 3.68. The largest absolute Gasteiger partial charge is 0.493 e. The van der Waals surface area contributed by atoms with Crippen LogP contribution in [0, 0.1) is 0 Å². The summed E-state index contributed by atoms with van der Waals surface area (Å²) < 4.78 is 23.5. The highest BCUT2D eigenvalue weighted by atomic mass is 79.9. The van der Waals surface area contributed by atoms with E-state index in [1.54, 1.807) is 14.2 Å². The van der Waals surface area contributed by atoms with Gasteiger partial charge in [0, 0.05) is 4.47 Å². The van der Waals surface area contributed by atoms with Gasteiger partial charge in [-0.1, -0.05) is 15.9 Å². The van der Waals surface area contributed by atoms with Crippen LogP contribution in [0.2, 0.25) is 0 Å². The molecule has 1 atom stereocenters. The summed E-state index contributed by atoms with van der Waals surface area (Å²) in [5.41, 5.74) is 6.39. The molecule has 0 unspecified atom stereocenters. The normalized spacial score (nSPS) is 20.8. The van der Waals surface area contributed by atoms with E-state index in [1.165, 1.54) is 0 Å². The van der Waals surface area contributed by atoms with E-state index in [1.807, 2.05) is 39.8 Å². The molecule has 0 aromatic heterocycles. The number of benzene rings is 1. The van der Waals surface area contributed by atoms with Gasteiger partial charge in [0.15, 0.2) is 11.5 Å². The first kappa shape index (κ1) is 17.6. The molecule has 1 aromatic rings. The minimum absolute atomic E-state index is 0.418. The molecule has 5 nitrogen and oxygen atoms in total. The lowest BCUT2D eigenvalue weighted by atomic mass is 9.75. The zero-order valence-electron chi connectivity index (χ0n) is 13.9. The van der Waals surface area contributed by atoms with E-state index in [0.717, 1.165) is 10.0 Å². The standard InChI is InChI=1S/C15H23BBrNO4/c1-14(2)15(3,4)22-16(21-14)13(18)9-7-11(19-5)12(20-6)8-10(9)17/h7-8,13H,18H2,1-6H3/t13-/m0/s1. The highest BCUT2D eigenvalue weighted by Gasteiger charge is 2.53. The Balaban J connectivity index is 2.33. The van der Waals surface area contributed by atoms with Crippen molar-refractivity contribution >= 4 is 23.0 Å². The number of halogens is 1. The fourth-order valence-corrected chi connectivity index (χ4v) is 2.89. The Morgan fingerprint density at radius 3 is 1.95 bits per heavy atom. The van der Waals surface area contributed by atoms with Crippen LogP contribution in [0.3, 0.4) is 0 Å². The van der Waals surface area contributed by atoms with Crippen molar-refractivity contribution < 1.29 is 18.8 Å². The Morgan fingerprint density at radius 1 is 1.05 bits per heavy atom. The van der Waals surface area contributed by atoms with Gasteiger partial charge in [-0.15, -0.1) is 0 Å². The summed E-state index contributed by atoms with van der Waals surface area (Å²) in [5, 5.41) is 0. The highest BCUT2D eigenvalue weighted by molar-refractivity contribution is 9.10. The van der Waals surface area contributed by atoms with Crippen LogP contribution in [-0.4, -0.2) is 32.5 Å². The molecule has 0 spiro atoms. The predicted octanol–water partition coefficient (Wildman–Crippen LogP) is 3.10. The molecule has 1 fully saturated rings. The zero-order chi connectivity index (χ0) is 16.7. The monoisotopic (exact) mass is 371 g/mol. The van der Waals surface area contributed by atoms with Crippen LogP contribution in [0.5, 0.6) is 11.5 Å². The number of hydrogen-bond donors (Lipinski definition) is 1. The molecular weight excluding hydrogens is 349 g/mol. The third-order valence-electron chi connectivity index (χ3n) is 4.43. The predicted molar refractivity (Wildman–Crippen MR) is 90.3 cm³/mol. The van der Waals surface area contributed by atoms with Crippen LogP contribution in [0.1, 0.15) is 39.2 Å². The molecule has 0 aliphatic carbocycles. The quantitative estimate of drug-likeness (QED) is 0.824. The van der Waals surface area contributed by atoms with Crippen LogP contribution in [0.4, 0.5) is 0 Å². The number of nitrogens with two attached hydrogens (primary N) is 1. The maximum atomic E-state index is 6.38. The smallest absolute Gasteiger partial charge is 0.480 e. The molecule has 0 saturated carbocycles. The molecule has 2 rings (SSSR count). The Kier molecular flexibility index (Phi) is 4.83. The lowest BCUT2D eigenvalue weighted by Gasteiger charge is -2.32. The Bertz CT molecular complexity index is 549. The summed E-state index contributed by atoms with van der Waals surface area (Å²) in [6.45, 7) is 8.01. The molecule has 1 aliphatic rings. The summed E-state index contributed by atoms with van der Waals surface area (Å²) in [6.07, 6.45) is 0. The Hall–Kier alpha value is -0.755. The van der Waals surface area contributed by atoms with Gasteiger partial charge in [-0.25, -0.2) is 0 Å². The van der Waals surface area contributed by atoms with E-state index in [4.69, 9.17) is 24.5 Å². The van der Waals surface area contributed by atoms with Crippen LogP contribution in [-0.2, 0) is 9.31 Å². The molecule has 7 heteroatoms. The van der Waals surface area contributed by atoms with Gasteiger partial charge >= 0.3 is 7.12 Å². The third kappa shape index (κ3) is 3.00. The summed E-state index contributed by atoms with van der Waals surface area (Å²) in [4.78, 5) is 0. The molecule has 2 N–H and O–H groups in total. The minimum Gasteiger partial charge on any atom is -0.493 e. The van der Waals surface area contributed by atoms with Crippen molar-refractivity contribution in [2.24, 2.45) is 5.73 Å². The second kappa shape index (κ2) is 6.04. The van der Waals surface area contributed by atoms with Crippen molar-refractivity contribution in [1.29, 1.82) is 0 Å². The minimum atomic E-state index is -0.528. The van der Waals surface area contributed by atoms with E-state index in [9.17, 15) is 0 Å². The average molecular weight is 372 g/mol. The van der Waals surface area contributed by atoms with Crippen molar-refractivity contribution in [1.82, 2.24) is 0 Å². The van der Waals surface area contributed by atoms with Gasteiger partial charge in [0.25, 0.3) is 0 Å². The van der Waals surface area contributed by atoms with Crippen LogP contribution >= 0.6 is 15.9 Å². The second-order valence-corrected chi connectivity index (χ2v) is 7.23. The maximum Gasteiger partial charge on any atom is 0.480 e. The van der Waals surface area contributed by atoms with Gasteiger partial charge in [-0.05, 0) is 45.4 Å². The average Bonchev–Trinajstić information content (AvgIpc) is 2.66. The molecule has 1 aliphatic heterocycles. The van der Waals surface area contributed by atoms with E-state index in [0.29, 0.717) is 11.5 Å². The topological polar surface area (TPSA) is 62.9 Å². The van der Waals surface area contributed by atoms with Crippen molar-refractivity contribution in [3.05, 3.63) is 22.2 Å². The van der Waals surface area contributed by atoms with Gasteiger partial charge in [0.05, 0.1) is 31.4 Å². The third-order valence-corrected chi connectivity index (χ3v) is 5.11. The van der Waals surface area contributed by atoms with E-state index in [-0.39, 0.29) is 0 Å². The zero-order valence-corrected chi connectivity index (χ0v) is 15.5. The molecule has 0 bridgehead atoms. The fourth-order valence-electron chi connectivity index (χ4n) is 2.31. The van der Waals surface area contributed by atoms with Gasteiger partial charge in [0.2, 0.25) is 0 Å². The molecule has 1 aromatic carbocycles. The van der Waals surface area contributed by atoms with Crippen molar-refractivity contribution in [3.8, 4) is 11.5 Å². The molecule has 122 valence electrons. The van der Waals surface area contributed by atoms with Crippen molar-refractivity contribution in [2.75, 3.05) is 14.2 Å². The van der Waals surface area contributed by atoms with Crippen LogP contribution < -0.4 is 15.2 Å². The lowest BCUT2D eigenvalue weighted by Crippen LogP contribution is -2.41. The van der Waals surface area contributed by atoms with Gasteiger partial charge in [-0.2, -0.15) is 0 Å². The first-order valence-electron chi connectivity index (χ1n) is 7.15. The first-order valence-corrected chi connectivity index (χ1v) is 7.95. The van der Waals surface area contributed by atoms with Gasteiger partial charge in [0.1, 0.15) is 0 Å². The number of ether oxygens (including phenoxy) is 2. The van der Waals surface area contributed by atoms with Crippen molar-refractivity contribution in [3.63, 3.8) is 0 Å². The molecular formula is C15H23BBrNO4.